The second-order valence-corrected chi connectivity index (χ2v) is 4.91. The van der Waals surface area contributed by atoms with Crippen molar-refractivity contribution in [3.05, 3.63) is 30.2 Å². The Kier molecular flexibility index (Phi) is 4.52. The molecule has 1 aromatic heterocycles. The highest BCUT2D eigenvalue weighted by molar-refractivity contribution is 8.00. The molecule has 2 rings (SSSR count). The van der Waals surface area contributed by atoms with Gasteiger partial charge in [0.2, 0.25) is 5.82 Å². The molecule has 1 aromatic carbocycles. The van der Waals surface area contributed by atoms with Gasteiger partial charge in [0.05, 0.1) is 5.69 Å². The average Bonchev–Trinajstić information content (AvgIpc) is 2.95. The highest BCUT2D eigenvalue weighted by Gasteiger charge is 2.29. The normalized spacial score (nSPS) is 12.0. The predicted octanol–water partition coefficient (Wildman–Crippen LogP) is 2.49. The number of hydrogen-bond donors (Lipinski definition) is 3. The first-order chi connectivity index (χ1) is 10.4. The fourth-order valence-corrected chi connectivity index (χ4v) is 1.98. The van der Waals surface area contributed by atoms with Crippen LogP contribution in [0.5, 0.6) is 5.75 Å². The second kappa shape index (κ2) is 6.35. The van der Waals surface area contributed by atoms with Crippen LogP contribution < -0.4 is 5.32 Å². The molecule has 0 fully saturated rings. The highest BCUT2D eigenvalue weighted by Crippen LogP contribution is 2.39. The molecule has 7 nitrogen and oxygen atoms in total. The number of aromatic nitrogens is 4. The van der Waals surface area contributed by atoms with Crippen molar-refractivity contribution in [2.75, 3.05) is 5.32 Å². The number of H-pyrrole nitrogens is 1. The Morgan fingerprint density at radius 1 is 1.45 bits per heavy atom. The van der Waals surface area contributed by atoms with Crippen LogP contribution >= 0.6 is 11.8 Å². The van der Waals surface area contributed by atoms with Crippen molar-refractivity contribution in [1.29, 1.82) is 5.26 Å². The van der Waals surface area contributed by atoms with E-state index in [1.165, 1.54) is 0 Å². The Labute approximate surface area is 125 Å². The number of hydrogen-bond acceptors (Lipinski definition) is 7. The summed E-state index contributed by atoms with van der Waals surface area (Å²) in [5.41, 5.74) is -4.44. The maximum absolute atomic E-state index is 12.3. The monoisotopic (exact) mass is 328 g/mol. The van der Waals surface area contributed by atoms with Gasteiger partial charge in [0.25, 0.3) is 0 Å². The van der Waals surface area contributed by atoms with E-state index in [4.69, 9.17) is 5.26 Å². The minimum Gasteiger partial charge on any atom is -0.506 e. The van der Waals surface area contributed by atoms with Crippen molar-refractivity contribution in [1.82, 2.24) is 20.6 Å². The van der Waals surface area contributed by atoms with E-state index >= 15 is 0 Å². The van der Waals surface area contributed by atoms with Crippen LogP contribution in [0.2, 0.25) is 0 Å². The number of aromatic hydroxyl groups is 1. The number of halogens is 3. The molecule has 0 atom stereocenters. The summed E-state index contributed by atoms with van der Waals surface area (Å²) in [6.07, 6.45) is 1.15. The van der Waals surface area contributed by atoms with Gasteiger partial charge in [-0.25, -0.2) is 0 Å². The van der Waals surface area contributed by atoms with Gasteiger partial charge < -0.3 is 10.4 Å². The number of nitriles is 1. The molecular formula is C11H7F3N6OS. The first-order valence-electron chi connectivity index (χ1n) is 5.58. The lowest BCUT2D eigenvalue weighted by Gasteiger charge is -2.09. The fourth-order valence-electron chi connectivity index (χ4n) is 1.40. The van der Waals surface area contributed by atoms with Gasteiger partial charge in [-0.3, -0.25) is 0 Å². The summed E-state index contributed by atoms with van der Waals surface area (Å²) in [6, 6.07) is 5.15. The van der Waals surface area contributed by atoms with Crippen LogP contribution in [-0.4, -0.2) is 31.2 Å². The SMILES string of the molecule is N#CC(=CNc1cc(SC(F)(F)F)ccc1O)c1nn[nH]n1. The number of nitrogens with one attached hydrogen (secondary N) is 2. The molecule has 3 N–H and O–H groups in total. The zero-order valence-electron chi connectivity index (χ0n) is 10.6. The molecule has 0 aliphatic heterocycles. The number of anilines is 1. The van der Waals surface area contributed by atoms with Crippen molar-refractivity contribution in [2.24, 2.45) is 0 Å². The third kappa shape index (κ3) is 4.13. The summed E-state index contributed by atoms with van der Waals surface area (Å²) in [5.74, 6) is -0.261. The van der Waals surface area contributed by atoms with Crippen LogP contribution in [0, 0.1) is 11.3 Å². The summed E-state index contributed by atoms with van der Waals surface area (Å²) in [4.78, 5) is -0.112. The molecule has 0 bridgehead atoms. The van der Waals surface area contributed by atoms with Crippen LogP contribution in [0.3, 0.4) is 0 Å². The Balaban J connectivity index is 2.22. The summed E-state index contributed by atoms with van der Waals surface area (Å²) in [6.45, 7) is 0. The van der Waals surface area contributed by atoms with E-state index in [1.54, 1.807) is 6.07 Å². The summed E-state index contributed by atoms with van der Waals surface area (Å²) < 4.78 is 37.0. The average molecular weight is 328 g/mol. The number of alkyl halides is 3. The summed E-state index contributed by atoms with van der Waals surface area (Å²) in [5, 5.41) is 33.8. The smallest absolute Gasteiger partial charge is 0.446 e. The molecule has 0 spiro atoms. The fraction of sp³-hybridized carbons (Fsp3) is 0.0909. The molecule has 114 valence electrons. The first kappa shape index (κ1) is 15.6. The lowest BCUT2D eigenvalue weighted by Crippen LogP contribution is -1.99. The minimum atomic E-state index is -4.44. The minimum absolute atomic E-state index is 0.00509. The number of allylic oxidation sites excluding steroid dienone is 1. The van der Waals surface area contributed by atoms with Gasteiger partial charge in [-0.2, -0.15) is 23.6 Å². The molecular weight excluding hydrogens is 321 g/mol. The second-order valence-electron chi connectivity index (χ2n) is 3.78. The maximum atomic E-state index is 12.3. The molecule has 0 unspecified atom stereocenters. The number of nitrogens with zero attached hydrogens (tertiary/aromatic N) is 4. The number of thioether (sulfide) groups is 1. The van der Waals surface area contributed by atoms with Crippen LogP contribution in [0.15, 0.2) is 29.3 Å². The lowest BCUT2D eigenvalue weighted by molar-refractivity contribution is -0.0328. The molecule has 0 amide bonds. The van der Waals surface area contributed by atoms with Crippen molar-refractivity contribution in [2.45, 2.75) is 10.4 Å². The largest absolute Gasteiger partial charge is 0.506 e. The number of phenolic OH excluding ortho intramolecular Hbond substituents is 1. The number of rotatable bonds is 4. The van der Waals surface area contributed by atoms with Crippen molar-refractivity contribution in [3.63, 3.8) is 0 Å². The van der Waals surface area contributed by atoms with E-state index < -0.39 is 5.51 Å². The highest BCUT2D eigenvalue weighted by atomic mass is 32.2. The molecule has 1 heterocycles. The Bertz CT molecular complexity index is 722. The topological polar surface area (TPSA) is 111 Å². The van der Waals surface area contributed by atoms with Gasteiger partial charge in [0, 0.05) is 11.1 Å². The van der Waals surface area contributed by atoms with Crippen molar-refractivity contribution in [3.8, 4) is 11.8 Å². The molecule has 0 radical (unpaired) electrons. The molecule has 11 heteroatoms. The summed E-state index contributed by atoms with van der Waals surface area (Å²) in [7, 11) is 0. The quantitative estimate of drug-likeness (QED) is 0.449. The number of phenols is 1. The van der Waals surface area contributed by atoms with E-state index in [2.05, 4.69) is 25.9 Å². The standard InChI is InChI=1S/C11H7F3N6OS/c12-11(13,14)22-7-1-2-9(21)8(3-7)16-5-6(4-15)10-17-19-20-18-10/h1-3,5,16,21H,(H,17,18,19,20). The Morgan fingerprint density at radius 3 is 2.82 bits per heavy atom. The predicted molar refractivity (Wildman–Crippen MR) is 71.4 cm³/mol. The molecule has 0 saturated carbocycles. The molecule has 0 aliphatic rings. The maximum Gasteiger partial charge on any atom is 0.446 e. The van der Waals surface area contributed by atoms with Crippen LogP contribution in [0.4, 0.5) is 18.9 Å². The van der Waals surface area contributed by atoms with Crippen LogP contribution in [-0.2, 0) is 0 Å². The Morgan fingerprint density at radius 2 is 2.23 bits per heavy atom. The Hall–Kier alpha value is -2.74. The van der Waals surface area contributed by atoms with E-state index in [0.29, 0.717) is 0 Å². The number of benzene rings is 1. The van der Waals surface area contributed by atoms with E-state index in [1.807, 2.05) is 0 Å². The van der Waals surface area contributed by atoms with E-state index in [9.17, 15) is 18.3 Å². The van der Waals surface area contributed by atoms with Crippen LogP contribution in [0.1, 0.15) is 5.82 Å². The van der Waals surface area contributed by atoms with E-state index in [-0.39, 0.29) is 39.5 Å². The zero-order valence-corrected chi connectivity index (χ0v) is 11.4. The van der Waals surface area contributed by atoms with Gasteiger partial charge in [-0.15, -0.1) is 10.2 Å². The van der Waals surface area contributed by atoms with Gasteiger partial charge in [-0.05, 0) is 35.2 Å². The van der Waals surface area contributed by atoms with Crippen molar-refractivity contribution < 1.29 is 18.3 Å². The van der Waals surface area contributed by atoms with E-state index in [0.717, 1.165) is 24.4 Å². The number of aromatic amines is 1. The first-order valence-corrected chi connectivity index (χ1v) is 6.40. The molecule has 0 saturated heterocycles. The third-order valence-electron chi connectivity index (χ3n) is 2.28. The van der Waals surface area contributed by atoms with Gasteiger partial charge >= 0.3 is 5.51 Å². The van der Waals surface area contributed by atoms with Crippen molar-refractivity contribution >= 4 is 23.0 Å². The molecule has 2 aromatic rings. The molecule has 22 heavy (non-hydrogen) atoms. The molecule has 0 aliphatic carbocycles. The van der Waals surface area contributed by atoms with Gasteiger partial charge in [0.15, 0.2) is 0 Å². The summed E-state index contributed by atoms with van der Waals surface area (Å²) >= 11 is -0.315. The number of tetrazole rings is 1. The van der Waals surface area contributed by atoms with Crippen LogP contribution in [0.25, 0.3) is 5.57 Å². The third-order valence-corrected chi connectivity index (χ3v) is 3.00. The lowest BCUT2D eigenvalue weighted by atomic mass is 10.2. The van der Waals surface area contributed by atoms with Gasteiger partial charge in [-0.1, -0.05) is 0 Å². The zero-order chi connectivity index (χ0) is 16.2. The van der Waals surface area contributed by atoms with Gasteiger partial charge in [0.1, 0.15) is 17.4 Å².